The van der Waals surface area contributed by atoms with Gasteiger partial charge < -0.3 is 5.11 Å². The SMILES string of the molecule is O=C(Cn1cnc2scc(-c3ccccc3)c2c1=O)N/N=C/c1ccc(O)c([N+](=O)[O-])c1. The molecule has 0 fully saturated rings. The van der Waals surface area contributed by atoms with E-state index in [0.29, 0.717) is 15.8 Å². The Morgan fingerprint density at radius 3 is 2.81 bits per heavy atom. The molecule has 0 spiro atoms. The van der Waals surface area contributed by atoms with Crippen LogP contribution in [-0.4, -0.2) is 31.7 Å². The molecule has 0 aliphatic heterocycles. The highest BCUT2D eigenvalue weighted by Crippen LogP contribution is 2.30. The summed E-state index contributed by atoms with van der Waals surface area (Å²) in [5.41, 5.74) is 3.39. The second kappa shape index (κ2) is 8.78. The Bertz CT molecular complexity index is 1410. The molecular formula is C21H15N5O5S. The van der Waals surface area contributed by atoms with E-state index in [0.717, 1.165) is 23.3 Å². The van der Waals surface area contributed by atoms with E-state index in [2.05, 4.69) is 15.5 Å². The molecule has 0 bridgehead atoms. The first-order valence-electron chi connectivity index (χ1n) is 9.25. The summed E-state index contributed by atoms with van der Waals surface area (Å²) >= 11 is 1.35. The van der Waals surface area contributed by atoms with Crippen LogP contribution in [0.4, 0.5) is 5.69 Å². The van der Waals surface area contributed by atoms with Crippen molar-refractivity contribution >= 4 is 39.4 Å². The highest BCUT2D eigenvalue weighted by Gasteiger charge is 2.15. The quantitative estimate of drug-likeness (QED) is 0.264. The third-order valence-corrected chi connectivity index (χ3v) is 5.44. The average molecular weight is 449 g/mol. The van der Waals surface area contributed by atoms with Crippen LogP contribution in [-0.2, 0) is 11.3 Å². The van der Waals surface area contributed by atoms with Crippen LogP contribution >= 0.6 is 11.3 Å². The molecule has 1 amide bonds. The molecule has 0 atom stereocenters. The minimum atomic E-state index is -0.727. The molecule has 2 N–H and O–H groups in total. The summed E-state index contributed by atoms with van der Waals surface area (Å²) in [6, 6.07) is 13.1. The summed E-state index contributed by atoms with van der Waals surface area (Å²) < 4.78 is 1.19. The minimum Gasteiger partial charge on any atom is -0.502 e. The van der Waals surface area contributed by atoms with Crippen molar-refractivity contribution < 1.29 is 14.8 Å². The molecule has 4 aromatic rings. The van der Waals surface area contributed by atoms with Gasteiger partial charge in [0.05, 0.1) is 22.9 Å². The van der Waals surface area contributed by atoms with Crippen LogP contribution in [0, 0.1) is 10.1 Å². The van der Waals surface area contributed by atoms with Crippen LogP contribution in [0.15, 0.2) is 70.1 Å². The molecular weight excluding hydrogens is 434 g/mol. The Labute approximate surface area is 184 Å². The number of phenols is 1. The number of carbonyl (C=O) groups is 1. The van der Waals surface area contributed by atoms with E-state index < -0.39 is 22.3 Å². The molecule has 2 aromatic heterocycles. The van der Waals surface area contributed by atoms with Gasteiger partial charge in [0.2, 0.25) is 0 Å². The van der Waals surface area contributed by atoms with Crippen molar-refractivity contribution in [2.75, 3.05) is 0 Å². The maximum Gasteiger partial charge on any atom is 0.311 e. The predicted octanol–water partition coefficient (Wildman–Crippen LogP) is 2.89. The Hall–Kier alpha value is -4.38. The maximum atomic E-state index is 13.0. The summed E-state index contributed by atoms with van der Waals surface area (Å²) in [5.74, 6) is -1.05. The molecule has 0 aliphatic rings. The number of phenolic OH excluding ortho intramolecular Hbond substituents is 1. The molecule has 2 heterocycles. The number of rotatable bonds is 6. The van der Waals surface area contributed by atoms with Gasteiger partial charge in [-0.3, -0.25) is 24.3 Å². The highest BCUT2D eigenvalue weighted by molar-refractivity contribution is 7.17. The number of nitro benzene ring substituents is 1. The van der Waals surface area contributed by atoms with E-state index in [1.807, 2.05) is 35.7 Å². The predicted molar refractivity (Wildman–Crippen MR) is 120 cm³/mol. The van der Waals surface area contributed by atoms with Gasteiger partial charge in [0.15, 0.2) is 5.75 Å². The van der Waals surface area contributed by atoms with Crippen molar-refractivity contribution in [3.8, 4) is 16.9 Å². The van der Waals surface area contributed by atoms with Gasteiger partial charge in [-0.2, -0.15) is 5.10 Å². The number of aromatic nitrogens is 2. The molecule has 11 heteroatoms. The number of hydrogen-bond acceptors (Lipinski definition) is 8. The molecule has 10 nitrogen and oxygen atoms in total. The largest absolute Gasteiger partial charge is 0.502 e. The molecule has 0 radical (unpaired) electrons. The van der Waals surface area contributed by atoms with Gasteiger partial charge in [-0.15, -0.1) is 11.3 Å². The molecule has 0 saturated carbocycles. The van der Waals surface area contributed by atoms with Crippen molar-refractivity contribution in [1.29, 1.82) is 0 Å². The summed E-state index contributed by atoms with van der Waals surface area (Å²) in [5, 5.41) is 26.4. The first-order chi connectivity index (χ1) is 15.4. The number of fused-ring (bicyclic) bond motifs is 1. The second-order valence-corrected chi connectivity index (χ2v) is 7.53. The molecule has 4 rings (SSSR count). The topological polar surface area (TPSA) is 140 Å². The van der Waals surface area contributed by atoms with Crippen LogP contribution in [0.3, 0.4) is 0 Å². The van der Waals surface area contributed by atoms with Crippen molar-refractivity contribution in [3.05, 3.63) is 86.3 Å². The zero-order valence-corrected chi connectivity index (χ0v) is 17.2. The van der Waals surface area contributed by atoms with Gasteiger partial charge in [0.1, 0.15) is 11.4 Å². The number of nitrogens with zero attached hydrogens (tertiary/aromatic N) is 4. The van der Waals surface area contributed by atoms with Gasteiger partial charge in [-0.1, -0.05) is 30.3 Å². The van der Waals surface area contributed by atoms with Crippen molar-refractivity contribution in [1.82, 2.24) is 15.0 Å². The fraction of sp³-hybridized carbons (Fsp3) is 0.0476. The third-order valence-electron chi connectivity index (χ3n) is 4.56. The Morgan fingerprint density at radius 1 is 1.28 bits per heavy atom. The minimum absolute atomic E-state index is 0.306. The fourth-order valence-electron chi connectivity index (χ4n) is 3.05. The van der Waals surface area contributed by atoms with E-state index in [1.54, 1.807) is 0 Å². The Morgan fingerprint density at radius 2 is 2.06 bits per heavy atom. The monoisotopic (exact) mass is 449 g/mol. The molecule has 32 heavy (non-hydrogen) atoms. The van der Waals surface area contributed by atoms with Crippen molar-refractivity contribution in [2.45, 2.75) is 6.54 Å². The van der Waals surface area contributed by atoms with Crippen LogP contribution in [0.25, 0.3) is 21.3 Å². The normalized spacial score (nSPS) is 11.1. The standard InChI is InChI=1S/C21H15N5O5S/c27-17-7-6-13(8-16(17)26(30)31)9-23-24-18(28)10-25-12-22-20-19(21(25)29)15(11-32-20)14-4-2-1-3-5-14/h1-9,11-12,27H,10H2,(H,24,28)/b23-9+. The number of hydrogen-bond donors (Lipinski definition) is 2. The molecule has 160 valence electrons. The number of amides is 1. The number of carbonyl (C=O) groups excluding carboxylic acids is 1. The second-order valence-electron chi connectivity index (χ2n) is 6.67. The van der Waals surface area contributed by atoms with Crippen molar-refractivity contribution in [2.24, 2.45) is 5.10 Å². The van der Waals surface area contributed by atoms with Crippen LogP contribution in [0.5, 0.6) is 5.75 Å². The lowest BCUT2D eigenvalue weighted by Crippen LogP contribution is -2.30. The van der Waals surface area contributed by atoms with E-state index in [-0.39, 0.29) is 12.1 Å². The van der Waals surface area contributed by atoms with Crippen LogP contribution in [0.2, 0.25) is 0 Å². The number of benzene rings is 2. The lowest BCUT2D eigenvalue weighted by Gasteiger charge is -2.05. The van der Waals surface area contributed by atoms with Gasteiger partial charge in [0, 0.05) is 22.6 Å². The zero-order valence-electron chi connectivity index (χ0n) is 16.3. The molecule has 0 aliphatic carbocycles. The van der Waals surface area contributed by atoms with E-state index in [9.17, 15) is 24.8 Å². The Balaban J connectivity index is 1.51. The Kier molecular flexibility index (Phi) is 5.73. The van der Waals surface area contributed by atoms with Crippen molar-refractivity contribution in [3.63, 3.8) is 0 Å². The first-order valence-corrected chi connectivity index (χ1v) is 10.1. The molecule has 0 saturated heterocycles. The maximum absolute atomic E-state index is 13.0. The fourth-order valence-corrected chi connectivity index (χ4v) is 3.95. The zero-order chi connectivity index (χ0) is 22.7. The van der Waals surface area contributed by atoms with Crippen LogP contribution in [0.1, 0.15) is 5.56 Å². The van der Waals surface area contributed by atoms with Gasteiger partial charge >= 0.3 is 5.69 Å². The number of hydrazone groups is 1. The highest BCUT2D eigenvalue weighted by atomic mass is 32.1. The van der Waals surface area contributed by atoms with E-state index in [1.165, 1.54) is 34.5 Å². The van der Waals surface area contributed by atoms with Crippen LogP contribution < -0.4 is 11.0 Å². The number of aromatic hydroxyl groups is 1. The average Bonchev–Trinajstić information content (AvgIpc) is 3.22. The number of nitro groups is 1. The molecule has 0 unspecified atom stereocenters. The summed E-state index contributed by atoms with van der Waals surface area (Å²) in [6.07, 6.45) is 2.50. The third kappa shape index (κ3) is 4.23. The lowest BCUT2D eigenvalue weighted by molar-refractivity contribution is -0.385. The summed E-state index contributed by atoms with van der Waals surface area (Å²) in [7, 11) is 0. The first kappa shape index (κ1) is 20.9. The summed E-state index contributed by atoms with van der Waals surface area (Å²) in [4.78, 5) is 40.2. The smallest absolute Gasteiger partial charge is 0.311 e. The number of nitrogens with one attached hydrogen (secondary N) is 1. The van der Waals surface area contributed by atoms with Gasteiger partial charge in [-0.25, -0.2) is 10.4 Å². The van der Waals surface area contributed by atoms with E-state index >= 15 is 0 Å². The lowest BCUT2D eigenvalue weighted by atomic mass is 10.1. The van der Waals surface area contributed by atoms with E-state index in [4.69, 9.17) is 0 Å². The summed E-state index contributed by atoms with van der Waals surface area (Å²) in [6.45, 7) is -0.307. The van der Waals surface area contributed by atoms with Gasteiger partial charge in [-0.05, 0) is 17.7 Å². The number of thiophene rings is 1. The van der Waals surface area contributed by atoms with Gasteiger partial charge in [0.25, 0.3) is 11.5 Å². The molecule has 2 aromatic carbocycles.